The summed E-state index contributed by atoms with van der Waals surface area (Å²) in [6.45, 7) is 4.37. The molecule has 0 aliphatic heterocycles. The Morgan fingerprint density at radius 1 is 1.22 bits per heavy atom. The number of benzene rings is 1. The molecule has 0 bridgehead atoms. The fourth-order valence-electron chi connectivity index (χ4n) is 4.00. The van der Waals surface area contributed by atoms with E-state index in [0.717, 1.165) is 12.8 Å². The first-order valence-corrected chi connectivity index (χ1v) is 11.2. The number of Topliss-reactive ketones (excluding diaryl/α,β-unsaturated/α-hetero) is 1. The van der Waals surface area contributed by atoms with E-state index < -0.39 is 30.4 Å². The minimum absolute atomic E-state index is 0.115. The number of nitrogens with one attached hydrogen (secondary N) is 1. The number of amides is 2. The lowest BCUT2D eigenvalue weighted by Crippen LogP contribution is -2.54. The maximum absolute atomic E-state index is 13.1. The number of esters is 1. The summed E-state index contributed by atoms with van der Waals surface area (Å²) >= 11 is 6.39. The lowest BCUT2D eigenvalue weighted by molar-refractivity contribution is -0.158. The van der Waals surface area contributed by atoms with Gasteiger partial charge in [-0.25, -0.2) is 9.59 Å². The lowest BCUT2D eigenvalue weighted by Gasteiger charge is -2.43. The number of nitrogens with zero attached hydrogens (tertiary/aromatic N) is 1. The van der Waals surface area contributed by atoms with E-state index in [-0.39, 0.29) is 17.6 Å². The van der Waals surface area contributed by atoms with Gasteiger partial charge in [0.1, 0.15) is 11.6 Å². The summed E-state index contributed by atoms with van der Waals surface area (Å²) in [7, 11) is 1.48. The fraction of sp³-hybridized carbons (Fsp3) is 0.565. The van der Waals surface area contributed by atoms with Gasteiger partial charge in [0, 0.05) is 31.0 Å². The highest BCUT2D eigenvalue weighted by Gasteiger charge is 2.48. The molecule has 1 saturated carbocycles. The molecule has 1 aliphatic rings. The van der Waals surface area contributed by atoms with Gasteiger partial charge >= 0.3 is 12.1 Å². The average Bonchev–Trinajstić information content (AvgIpc) is 2.77. The van der Waals surface area contributed by atoms with Crippen molar-refractivity contribution in [3.05, 3.63) is 34.9 Å². The molecule has 3 atom stereocenters. The Balaban J connectivity index is 2.12. The second kappa shape index (κ2) is 11.3. The van der Waals surface area contributed by atoms with E-state index in [0.29, 0.717) is 29.8 Å². The molecular weight excluding hydrogens is 436 g/mol. The van der Waals surface area contributed by atoms with Crippen LogP contribution in [0.2, 0.25) is 5.02 Å². The highest BCUT2D eigenvalue weighted by atomic mass is 35.5. The Kier molecular flexibility index (Phi) is 9.07. The van der Waals surface area contributed by atoms with E-state index >= 15 is 0 Å². The smallest absolute Gasteiger partial charge is 0.413 e. The molecule has 3 unspecified atom stereocenters. The van der Waals surface area contributed by atoms with Crippen LogP contribution in [0.5, 0.6) is 0 Å². The van der Waals surface area contributed by atoms with Gasteiger partial charge in [0.25, 0.3) is 0 Å². The van der Waals surface area contributed by atoms with E-state index in [1.165, 1.54) is 18.9 Å². The van der Waals surface area contributed by atoms with Crippen molar-refractivity contribution in [2.75, 3.05) is 13.8 Å². The van der Waals surface area contributed by atoms with Crippen molar-refractivity contribution in [3.63, 3.8) is 0 Å². The fourth-order valence-corrected chi connectivity index (χ4v) is 4.29. The molecule has 1 fully saturated rings. The molecule has 9 heteroatoms. The molecule has 8 nitrogen and oxygen atoms in total. The predicted molar refractivity (Wildman–Crippen MR) is 119 cm³/mol. The number of carbonyl (C=O) groups is 4. The van der Waals surface area contributed by atoms with Crippen LogP contribution in [0, 0.1) is 5.92 Å². The van der Waals surface area contributed by atoms with Crippen molar-refractivity contribution in [2.24, 2.45) is 5.92 Å². The first-order valence-electron chi connectivity index (χ1n) is 10.8. The third-order valence-corrected chi connectivity index (χ3v) is 6.36. The van der Waals surface area contributed by atoms with Gasteiger partial charge in [-0.2, -0.15) is 0 Å². The van der Waals surface area contributed by atoms with Gasteiger partial charge in [0.05, 0.1) is 0 Å². The number of carbonyl (C=O) groups excluding carboxylic acids is 4. The number of hydrogen-bond donors (Lipinski definition) is 1. The first-order chi connectivity index (χ1) is 15.1. The molecule has 2 amide bonds. The summed E-state index contributed by atoms with van der Waals surface area (Å²) in [5.74, 6) is -1.33. The summed E-state index contributed by atoms with van der Waals surface area (Å²) in [6, 6.07) is 6.09. The Bertz CT molecular complexity index is 861. The van der Waals surface area contributed by atoms with Crippen molar-refractivity contribution >= 4 is 35.4 Å². The average molecular weight is 467 g/mol. The minimum Gasteiger partial charge on any atom is -0.426 e. The third kappa shape index (κ3) is 5.59. The predicted octanol–water partition coefficient (Wildman–Crippen LogP) is 3.80. The van der Waals surface area contributed by atoms with Gasteiger partial charge < -0.3 is 14.8 Å². The maximum atomic E-state index is 13.1. The largest absolute Gasteiger partial charge is 0.426 e. The van der Waals surface area contributed by atoms with E-state index in [9.17, 15) is 19.2 Å². The normalized spacial score (nSPS) is 20.1. The Labute approximate surface area is 193 Å². The topological polar surface area (TPSA) is 102 Å². The van der Waals surface area contributed by atoms with E-state index in [1.54, 1.807) is 24.3 Å². The van der Waals surface area contributed by atoms with Crippen LogP contribution in [0.25, 0.3) is 0 Å². The van der Waals surface area contributed by atoms with Crippen molar-refractivity contribution < 1.29 is 28.7 Å². The first kappa shape index (κ1) is 25.6. The molecule has 0 aromatic heterocycles. The monoisotopic (exact) mass is 466 g/mol. The van der Waals surface area contributed by atoms with E-state index in [4.69, 9.17) is 21.1 Å². The standard InChI is InChI=1S/C23H31ClN2O6/c1-5-15(2)20(25-16(3)27)21(29)31-14-32-22(30)26(4)23(13-9-8-12-19(23)28)17-10-6-7-11-18(17)24/h6-7,10-11,15,20H,5,8-9,12-14H2,1-4H3,(H,25,27). The molecule has 1 aromatic rings. The zero-order valence-corrected chi connectivity index (χ0v) is 19.7. The quantitative estimate of drug-likeness (QED) is 0.462. The Morgan fingerprint density at radius 2 is 1.91 bits per heavy atom. The minimum atomic E-state index is -1.24. The molecule has 32 heavy (non-hydrogen) atoms. The molecule has 0 heterocycles. The molecule has 1 N–H and O–H groups in total. The van der Waals surface area contributed by atoms with E-state index in [2.05, 4.69) is 5.32 Å². The summed E-state index contributed by atoms with van der Waals surface area (Å²) in [5, 5.41) is 2.95. The summed E-state index contributed by atoms with van der Waals surface area (Å²) in [5.41, 5.74) is -0.696. The highest BCUT2D eigenvalue weighted by Crippen LogP contribution is 2.42. The van der Waals surface area contributed by atoms with E-state index in [1.807, 2.05) is 13.8 Å². The van der Waals surface area contributed by atoms with Gasteiger partial charge in [-0.3, -0.25) is 14.5 Å². The van der Waals surface area contributed by atoms with Gasteiger partial charge in [0.2, 0.25) is 12.7 Å². The number of likely N-dealkylation sites (N-methyl/N-ethyl adjacent to an activating group) is 1. The second-order valence-corrected chi connectivity index (χ2v) is 8.49. The van der Waals surface area contributed by atoms with Crippen LogP contribution in [-0.2, 0) is 29.4 Å². The summed E-state index contributed by atoms with van der Waals surface area (Å²) < 4.78 is 10.3. The maximum Gasteiger partial charge on any atom is 0.413 e. The zero-order valence-electron chi connectivity index (χ0n) is 19.0. The van der Waals surface area contributed by atoms with Crippen molar-refractivity contribution in [1.82, 2.24) is 10.2 Å². The van der Waals surface area contributed by atoms with Crippen LogP contribution in [0.4, 0.5) is 4.79 Å². The molecule has 176 valence electrons. The molecule has 1 aromatic carbocycles. The van der Waals surface area contributed by atoms with Gasteiger partial charge in [-0.15, -0.1) is 0 Å². The molecular formula is C23H31ClN2O6. The van der Waals surface area contributed by atoms with Crippen LogP contribution in [-0.4, -0.2) is 48.5 Å². The highest BCUT2D eigenvalue weighted by molar-refractivity contribution is 6.31. The summed E-state index contributed by atoms with van der Waals surface area (Å²) in [4.78, 5) is 50.9. The van der Waals surface area contributed by atoms with Gasteiger partial charge in [-0.05, 0) is 31.2 Å². The van der Waals surface area contributed by atoms with Gasteiger partial charge in [0.15, 0.2) is 5.78 Å². The van der Waals surface area contributed by atoms with Crippen LogP contribution in [0.15, 0.2) is 24.3 Å². The second-order valence-electron chi connectivity index (χ2n) is 8.08. The Morgan fingerprint density at radius 3 is 2.50 bits per heavy atom. The van der Waals surface area contributed by atoms with Crippen LogP contribution in [0.3, 0.4) is 0 Å². The SMILES string of the molecule is CCC(C)C(NC(C)=O)C(=O)OCOC(=O)N(C)C1(c2ccccc2Cl)CCCCC1=O. The Hall–Kier alpha value is -2.61. The summed E-state index contributed by atoms with van der Waals surface area (Å²) in [6.07, 6.45) is 2.06. The molecule has 0 saturated heterocycles. The molecule has 0 radical (unpaired) electrons. The van der Waals surface area contributed by atoms with Crippen LogP contribution in [0.1, 0.15) is 58.4 Å². The van der Waals surface area contributed by atoms with Crippen LogP contribution < -0.4 is 5.32 Å². The molecule has 1 aliphatic carbocycles. The number of ether oxygens (including phenoxy) is 2. The lowest BCUT2D eigenvalue weighted by atomic mass is 9.74. The molecule has 0 spiro atoms. The van der Waals surface area contributed by atoms with Crippen molar-refractivity contribution in [3.8, 4) is 0 Å². The number of rotatable bonds is 8. The van der Waals surface area contributed by atoms with Gasteiger partial charge in [-0.1, -0.05) is 50.1 Å². The number of ketones is 1. The van der Waals surface area contributed by atoms with Crippen molar-refractivity contribution in [2.45, 2.75) is 64.5 Å². The van der Waals surface area contributed by atoms with Crippen molar-refractivity contribution in [1.29, 1.82) is 0 Å². The number of halogens is 1. The van der Waals surface area contributed by atoms with Crippen LogP contribution >= 0.6 is 11.6 Å². The molecule has 2 rings (SSSR count). The third-order valence-electron chi connectivity index (χ3n) is 6.03. The number of hydrogen-bond acceptors (Lipinski definition) is 6. The zero-order chi connectivity index (χ0) is 23.9.